The van der Waals surface area contributed by atoms with Gasteiger partial charge < -0.3 is 4.90 Å². The van der Waals surface area contributed by atoms with E-state index in [0.29, 0.717) is 11.1 Å². The first-order chi connectivity index (χ1) is 12.5. The van der Waals surface area contributed by atoms with Crippen LogP contribution < -0.4 is 4.90 Å². The first-order valence-corrected chi connectivity index (χ1v) is 8.54. The molecule has 0 radical (unpaired) electrons. The molecule has 3 nitrogen and oxygen atoms in total. The first-order valence-electron chi connectivity index (χ1n) is 8.54. The molecule has 0 saturated heterocycles. The lowest BCUT2D eigenvalue weighted by molar-refractivity contribution is 0.0894. The summed E-state index contributed by atoms with van der Waals surface area (Å²) in [6.45, 7) is 0. The normalized spacial score (nSPS) is 10.4. The van der Waals surface area contributed by atoms with Gasteiger partial charge >= 0.3 is 0 Å². The summed E-state index contributed by atoms with van der Waals surface area (Å²) in [6.07, 6.45) is -0.119. The van der Waals surface area contributed by atoms with Gasteiger partial charge in [0.1, 0.15) is 0 Å². The number of hydrogen-bond donors (Lipinski definition) is 0. The number of nitrogens with zero attached hydrogens (tertiary/aromatic N) is 1. The molecule has 0 spiro atoms. The second-order valence-electron chi connectivity index (χ2n) is 6.41. The number of hydrogen-bond acceptors (Lipinski definition) is 3. The Balaban J connectivity index is 1.68. The summed E-state index contributed by atoms with van der Waals surface area (Å²) in [7, 11) is 3.89. The van der Waals surface area contributed by atoms with Gasteiger partial charge in [0.2, 0.25) is 0 Å². The van der Waals surface area contributed by atoms with E-state index in [1.54, 1.807) is 24.3 Å². The van der Waals surface area contributed by atoms with E-state index in [0.717, 1.165) is 16.8 Å². The van der Waals surface area contributed by atoms with Crippen molar-refractivity contribution in [3.63, 3.8) is 0 Å². The molecule has 0 aliphatic rings. The van der Waals surface area contributed by atoms with Crippen LogP contribution in [0.2, 0.25) is 0 Å². The van der Waals surface area contributed by atoms with Crippen molar-refractivity contribution in [2.24, 2.45) is 0 Å². The Hall–Kier alpha value is -3.20. The van der Waals surface area contributed by atoms with Crippen LogP contribution in [0.15, 0.2) is 78.9 Å². The Labute approximate surface area is 153 Å². The maximum Gasteiger partial charge on any atom is 0.170 e. The van der Waals surface area contributed by atoms with Crippen molar-refractivity contribution >= 4 is 17.3 Å². The summed E-state index contributed by atoms with van der Waals surface area (Å²) in [5.41, 5.74) is 4.29. The second-order valence-corrected chi connectivity index (χ2v) is 6.41. The Morgan fingerprint density at radius 2 is 1.12 bits per heavy atom. The van der Waals surface area contributed by atoms with E-state index in [9.17, 15) is 9.59 Å². The number of anilines is 1. The van der Waals surface area contributed by atoms with Gasteiger partial charge in [-0.3, -0.25) is 9.59 Å². The van der Waals surface area contributed by atoms with Gasteiger partial charge in [0, 0.05) is 30.9 Å². The quantitative estimate of drug-likeness (QED) is 0.473. The molecule has 0 amide bonds. The van der Waals surface area contributed by atoms with E-state index in [1.165, 1.54) is 0 Å². The number of carbonyl (C=O) groups is 2. The fourth-order valence-electron chi connectivity index (χ4n) is 2.77. The number of Topliss-reactive ketones (excluding diaryl/α,β-unsaturated/α-hetero) is 2. The summed E-state index contributed by atoms with van der Waals surface area (Å²) in [5, 5.41) is 0. The van der Waals surface area contributed by atoms with Crippen LogP contribution in [0.25, 0.3) is 11.1 Å². The third kappa shape index (κ3) is 4.06. The van der Waals surface area contributed by atoms with E-state index in [2.05, 4.69) is 0 Å². The Bertz CT molecular complexity index is 895. The van der Waals surface area contributed by atoms with Gasteiger partial charge in [-0.2, -0.15) is 0 Å². The van der Waals surface area contributed by atoms with Crippen molar-refractivity contribution in [1.82, 2.24) is 0 Å². The molecule has 0 aliphatic heterocycles. The van der Waals surface area contributed by atoms with Gasteiger partial charge in [-0.15, -0.1) is 0 Å². The molecule has 0 bridgehead atoms. The lowest BCUT2D eigenvalue weighted by atomic mass is 9.99. The highest BCUT2D eigenvalue weighted by Crippen LogP contribution is 2.20. The predicted molar refractivity (Wildman–Crippen MR) is 106 cm³/mol. The molecule has 0 fully saturated rings. The smallest absolute Gasteiger partial charge is 0.170 e. The van der Waals surface area contributed by atoms with Gasteiger partial charge in [0.05, 0.1) is 6.42 Å². The highest BCUT2D eigenvalue weighted by atomic mass is 16.1. The lowest BCUT2D eigenvalue weighted by Gasteiger charge is -2.12. The standard InChI is InChI=1S/C23H21NO2/c1-24(2)21-14-12-20(13-15-21)23(26)16-22(25)19-10-8-18(9-11-19)17-6-4-3-5-7-17/h3-15H,16H2,1-2H3. The average molecular weight is 343 g/mol. The van der Waals surface area contributed by atoms with Crippen LogP contribution in [-0.2, 0) is 0 Å². The van der Waals surface area contributed by atoms with Crippen LogP contribution >= 0.6 is 0 Å². The number of ketones is 2. The fraction of sp³-hybridized carbons (Fsp3) is 0.130. The van der Waals surface area contributed by atoms with Crippen molar-refractivity contribution in [3.8, 4) is 11.1 Å². The third-order valence-electron chi connectivity index (χ3n) is 4.34. The van der Waals surface area contributed by atoms with Crippen LogP contribution in [0, 0.1) is 0 Å². The Kier molecular flexibility index (Phi) is 5.28. The van der Waals surface area contributed by atoms with Crippen molar-refractivity contribution in [1.29, 1.82) is 0 Å². The minimum absolute atomic E-state index is 0.119. The largest absolute Gasteiger partial charge is 0.378 e. The lowest BCUT2D eigenvalue weighted by Crippen LogP contribution is -2.10. The first kappa shape index (κ1) is 17.6. The van der Waals surface area contributed by atoms with E-state index < -0.39 is 0 Å². The molecule has 0 aliphatic carbocycles. The molecule has 3 heteroatoms. The van der Waals surface area contributed by atoms with Crippen LogP contribution in [0.1, 0.15) is 27.1 Å². The summed E-state index contributed by atoms with van der Waals surface area (Å²) >= 11 is 0. The van der Waals surface area contributed by atoms with Crippen molar-refractivity contribution < 1.29 is 9.59 Å². The molecule has 3 aromatic rings. The van der Waals surface area contributed by atoms with E-state index >= 15 is 0 Å². The molecule has 0 unspecified atom stereocenters. The molecule has 0 saturated carbocycles. The topological polar surface area (TPSA) is 37.4 Å². The molecule has 0 aromatic heterocycles. The molecule has 26 heavy (non-hydrogen) atoms. The van der Waals surface area contributed by atoms with Crippen molar-refractivity contribution in [2.45, 2.75) is 6.42 Å². The maximum absolute atomic E-state index is 12.4. The molecule has 3 rings (SSSR count). The van der Waals surface area contributed by atoms with E-state index in [-0.39, 0.29) is 18.0 Å². The highest BCUT2D eigenvalue weighted by Gasteiger charge is 2.14. The van der Waals surface area contributed by atoms with Crippen LogP contribution in [0.3, 0.4) is 0 Å². The molecule has 130 valence electrons. The van der Waals surface area contributed by atoms with Crippen LogP contribution in [0.5, 0.6) is 0 Å². The molecule has 0 atom stereocenters. The minimum Gasteiger partial charge on any atom is -0.378 e. The van der Waals surface area contributed by atoms with Crippen LogP contribution in [0.4, 0.5) is 5.69 Å². The molecule has 0 N–H and O–H groups in total. The van der Waals surface area contributed by atoms with Crippen molar-refractivity contribution in [2.75, 3.05) is 19.0 Å². The second kappa shape index (κ2) is 7.79. The van der Waals surface area contributed by atoms with E-state index in [1.807, 2.05) is 73.6 Å². The Morgan fingerprint density at radius 3 is 1.62 bits per heavy atom. The zero-order valence-corrected chi connectivity index (χ0v) is 15.0. The fourth-order valence-corrected chi connectivity index (χ4v) is 2.77. The summed E-state index contributed by atoms with van der Waals surface area (Å²) in [5.74, 6) is -0.321. The molecular formula is C23H21NO2. The van der Waals surface area contributed by atoms with E-state index in [4.69, 9.17) is 0 Å². The average Bonchev–Trinajstić information content (AvgIpc) is 2.68. The number of rotatable bonds is 6. The summed E-state index contributed by atoms with van der Waals surface area (Å²) in [4.78, 5) is 26.8. The van der Waals surface area contributed by atoms with Crippen molar-refractivity contribution in [3.05, 3.63) is 90.0 Å². The molecule has 3 aromatic carbocycles. The maximum atomic E-state index is 12.4. The summed E-state index contributed by atoms with van der Waals surface area (Å²) < 4.78 is 0. The number of carbonyl (C=O) groups excluding carboxylic acids is 2. The molecular weight excluding hydrogens is 322 g/mol. The minimum atomic E-state index is -0.161. The third-order valence-corrected chi connectivity index (χ3v) is 4.34. The zero-order chi connectivity index (χ0) is 18.5. The van der Waals surface area contributed by atoms with Gasteiger partial charge in [-0.25, -0.2) is 0 Å². The predicted octanol–water partition coefficient (Wildman–Crippen LogP) is 4.88. The monoisotopic (exact) mass is 343 g/mol. The van der Waals surface area contributed by atoms with Crippen LogP contribution in [-0.4, -0.2) is 25.7 Å². The summed E-state index contributed by atoms with van der Waals surface area (Å²) in [6, 6.07) is 24.7. The van der Waals surface area contributed by atoms with Gasteiger partial charge in [-0.05, 0) is 35.4 Å². The highest BCUT2D eigenvalue weighted by molar-refractivity contribution is 6.13. The SMILES string of the molecule is CN(C)c1ccc(C(=O)CC(=O)c2ccc(-c3ccccc3)cc2)cc1. The van der Waals surface area contributed by atoms with Gasteiger partial charge in [0.15, 0.2) is 11.6 Å². The Morgan fingerprint density at radius 1 is 0.654 bits per heavy atom. The van der Waals surface area contributed by atoms with Gasteiger partial charge in [-0.1, -0.05) is 54.6 Å². The molecule has 0 heterocycles. The number of benzene rings is 3. The zero-order valence-electron chi connectivity index (χ0n) is 15.0. The van der Waals surface area contributed by atoms with Gasteiger partial charge in [0.25, 0.3) is 0 Å².